The Bertz CT molecular complexity index is 798. The Morgan fingerprint density at radius 3 is 2.39 bits per heavy atom. The maximum absolute atomic E-state index is 12.5. The Balaban J connectivity index is 1.81. The van der Waals surface area contributed by atoms with E-state index >= 15 is 0 Å². The standard InChI is InChI=1S/C20H28N2O5S/c1-3-22(4-2)28(25,26)18-12-10-16(11-13-18)14-21-19(23)15-27-20(24)17-8-6-5-7-9-17/h5-6,10-13,17H,3-4,7-9,14-15H2,1-2H3,(H,21,23)/t17-/m1/s1. The Kier molecular flexibility index (Phi) is 8.19. The van der Waals surface area contributed by atoms with E-state index in [1.165, 1.54) is 16.4 Å². The summed E-state index contributed by atoms with van der Waals surface area (Å²) in [5.41, 5.74) is 0.760. The molecular formula is C20H28N2O5S. The third kappa shape index (κ3) is 5.90. The molecule has 0 aliphatic heterocycles. The van der Waals surface area contributed by atoms with E-state index in [4.69, 9.17) is 4.74 Å². The minimum atomic E-state index is -3.49. The molecule has 0 unspecified atom stereocenters. The highest BCUT2D eigenvalue weighted by Crippen LogP contribution is 2.19. The van der Waals surface area contributed by atoms with Gasteiger partial charge in [0.05, 0.1) is 10.8 Å². The predicted molar refractivity (Wildman–Crippen MR) is 106 cm³/mol. The molecule has 0 saturated carbocycles. The molecule has 1 aliphatic rings. The summed E-state index contributed by atoms with van der Waals surface area (Å²) in [6, 6.07) is 6.39. The van der Waals surface area contributed by atoms with E-state index in [-0.39, 0.29) is 35.8 Å². The van der Waals surface area contributed by atoms with E-state index in [1.807, 2.05) is 12.2 Å². The van der Waals surface area contributed by atoms with Crippen molar-refractivity contribution in [2.45, 2.75) is 44.6 Å². The Hall–Kier alpha value is -2.19. The molecule has 1 aliphatic carbocycles. The van der Waals surface area contributed by atoms with Crippen LogP contribution in [0.25, 0.3) is 0 Å². The number of carbonyl (C=O) groups excluding carboxylic acids is 2. The van der Waals surface area contributed by atoms with Gasteiger partial charge in [-0.1, -0.05) is 38.1 Å². The minimum absolute atomic E-state index is 0.168. The molecule has 0 fully saturated rings. The van der Waals surface area contributed by atoms with E-state index in [1.54, 1.807) is 26.0 Å². The van der Waals surface area contributed by atoms with Crippen molar-refractivity contribution in [2.24, 2.45) is 5.92 Å². The molecule has 1 N–H and O–H groups in total. The first-order valence-corrected chi connectivity index (χ1v) is 11.0. The average molecular weight is 409 g/mol. The van der Waals surface area contributed by atoms with Crippen molar-refractivity contribution in [1.29, 1.82) is 0 Å². The van der Waals surface area contributed by atoms with Crippen LogP contribution in [0.3, 0.4) is 0 Å². The van der Waals surface area contributed by atoms with Crippen LogP contribution in [0.15, 0.2) is 41.3 Å². The molecule has 8 heteroatoms. The molecule has 0 aromatic heterocycles. The summed E-state index contributed by atoms with van der Waals surface area (Å²) in [4.78, 5) is 24.0. The fourth-order valence-corrected chi connectivity index (χ4v) is 4.46. The number of nitrogens with one attached hydrogen (secondary N) is 1. The number of ether oxygens (including phenoxy) is 1. The number of hydrogen-bond acceptors (Lipinski definition) is 5. The van der Waals surface area contributed by atoms with Gasteiger partial charge in [0.2, 0.25) is 10.0 Å². The van der Waals surface area contributed by atoms with Crippen LogP contribution in [0.2, 0.25) is 0 Å². The zero-order valence-electron chi connectivity index (χ0n) is 16.4. The molecule has 1 aromatic carbocycles. The number of hydrogen-bond donors (Lipinski definition) is 1. The Morgan fingerprint density at radius 2 is 1.82 bits per heavy atom. The first-order valence-electron chi connectivity index (χ1n) is 9.55. The lowest BCUT2D eigenvalue weighted by atomic mass is 9.95. The van der Waals surface area contributed by atoms with Gasteiger partial charge in [-0.05, 0) is 37.0 Å². The van der Waals surface area contributed by atoms with Crippen molar-refractivity contribution in [3.63, 3.8) is 0 Å². The predicted octanol–water partition coefficient (Wildman–Crippen LogP) is 2.23. The summed E-state index contributed by atoms with van der Waals surface area (Å²) in [6.07, 6.45) is 6.25. The minimum Gasteiger partial charge on any atom is -0.455 e. The number of allylic oxidation sites excluding steroid dienone is 2. The van der Waals surface area contributed by atoms with Crippen molar-refractivity contribution in [3.8, 4) is 0 Å². The Morgan fingerprint density at radius 1 is 1.14 bits per heavy atom. The second-order valence-corrected chi connectivity index (χ2v) is 8.54. The van der Waals surface area contributed by atoms with Gasteiger partial charge < -0.3 is 10.1 Å². The van der Waals surface area contributed by atoms with Gasteiger partial charge in [0.1, 0.15) is 0 Å². The zero-order chi connectivity index (χ0) is 20.6. The molecule has 0 spiro atoms. The largest absolute Gasteiger partial charge is 0.455 e. The lowest BCUT2D eigenvalue weighted by Crippen LogP contribution is -2.31. The first-order chi connectivity index (χ1) is 13.4. The average Bonchev–Trinajstić information content (AvgIpc) is 2.72. The fourth-order valence-electron chi connectivity index (χ4n) is 3.01. The van der Waals surface area contributed by atoms with Gasteiger partial charge >= 0.3 is 5.97 Å². The topological polar surface area (TPSA) is 92.8 Å². The normalized spacial score (nSPS) is 16.8. The zero-order valence-corrected chi connectivity index (χ0v) is 17.2. The van der Waals surface area contributed by atoms with Gasteiger partial charge in [-0.3, -0.25) is 9.59 Å². The fraction of sp³-hybridized carbons (Fsp3) is 0.500. The highest BCUT2D eigenvalue weighted by atomic mass is 32.2. The second-order valence-electron chi connectivity index (χ2n) is 6.60. The van der Waals surface area contributed by atoms with Crippen LogP contribution in [0.1, 0.15) is 38.7 Å². The van der Waals surface area contributed by atoms with Crippen LogP contribution >= 0.6 is 0 Å². The van der Waals surface area contributed by atoms with Gasteiger partial charge in [0.25, 0.3) is 5.91 Å². The SMILES string of the molecule is CCN(CC)S(=O)(=O)c1ccc(CNC(=O)COC(=O)[C@@H]2CC=CCC2)cc1. The molecule has 0 saturated heterocycles. The van der Waals surface area contributed by atoms with Crippen molar-refractivity contribution in [3.05, 3.63) is 42.0 Å². The maximum Gasteiger partial charge on any atom is 0.309 e. The summed E-state index contributed by atoms with van der Waals surface area (Å²) < 4.78 is 31.4. The summed E-state index contributed by atoms with van der Waals surface area (Å²) in [5, 5.41) is 2.67. The molecule has 0 radical (unpaired) electrons. The van der Waals surface area contributed by atoms with Gasteiger partial charge in [-0.2, -0.15) is 4.31 Å². The molecule has 2 rings (SSSR count). The van der Waals surface area contributed by atoms with Gasteiger partial charge in [0, 0.05) is 19.6 Å². The lowest BCUT2D eigenvalue weighted by Gasteiger charge is -2.18. The van der Waals surface area contributed by atoms with Gasteiger partial charge in [0.15, 0.2) is 6.61 Å². The molecule has 0 bridgehead atoms. The van der Waals surface area contributed by atoms with Crippen molar-refractivity contribution in [2.75, 3.05) is 19.7 Å². The highest BCUT2D eigenvalue weighted by molar-refractivity contribution is 7.89. The van der Waals surface area contributed by atoms with Gasteiger partial charge in [-0.25, -0.2) is 8.42 Å². The van der Waals surface area contributed by atoms with Crippen LogP contribution in [0, 0.1) is 5.92 Å². The quantitative estimate of drug-likeness (QED) is 0.500. The van der Waals surface area contributed by atoms with Crippen LogP contribution in [-0.2, 0) is 30.9 Å². The van der Waals surface area contributed by atoms with Crippen molar-refractivity contribution >= 4 is 21.9 Å². The summed E-state index contributed by atoms with van der Waals surface area (Å²) >= 11 is 0. The van der Waals surface area contributed by atoms with Crippen LogP contribution in [-0.4, -0.2) is 44.3 Å². The lowest BCUT2D eigenvalue weighted by molar-refractivity contribution is -0.152. The molecule has 0 heterocycles. The van der Waals surface area contributed by atoms with Gasteiger partial charge in [-0.15, -0.1) is 0 Å². The summed E-state index contributed by atoms with van der Waals surface area (Å²) in [7, 11) is -3.49. The first kappa shape index (κ1) is 22.1. The van der Waals surface area contributed by atoms with E-state index in [2.05, 4.69) is 5.32 Å². The molecular weight excluding hydrogens is 380 g/mol. The van der Waals surface area contributed by atoms with Crippen molar-refractivity contribution in [1.82, 2.24) is 9.62 Å². The molecule has 28 heavy (non-hydrogen) atoms. The molecule has 1 amide bonds. The van der Waals surface area contributed by atoms with E-state index < -0.39 is 10.0 Å². The maximum atomic E-state index is 12.5. The number of rotatable bonds is 9. The third-order valence-electron chi connectivity index (χ3n) is 4.70. The summed E-state index contributed by atoms with van der Waals surface area (Å²) in [6.45, 7) is 4.33. The van der Waals surface area contributed by atoms with Crippen LogP contribution in [0.4, 0.5) is 0 Å². The Labute approximate surface area is 166 Å². The number of amides is 1. The van der Waals surface area contributed by atoms with Crippen LogP contribution < -0.4 is 5.32 Å². The molecule has 1 aromatic rings. The number of sulfonamides is 1. The number of nitrogens with zero attached hydrogens (tertiary/aromatic N) is 1. The van der Waals surface area contributed by atoms with E-state index in [0.717, 1.165) is 18.4 Å². The molecule has 154 valence electrons. The molecule has 7 nitrogen and oxygen atoms in total. The highest BCUT2D eigenvalue weighted by Gasteiger charge is 2.22. The summed E-state index contributed by atoms with van der Waals surface area (Å²) in [5.74, 6) is -0.900. The number of carbonyl (C=O) groups is 2. The smallest absolute Gasteiger partial charge is 0.309 e. The van der Waals surface area contributed by atoms with E-state index in [9.17, 15) is 18.0 Å². The number of benzene rings is 1. The second kappa shape index (κ2) is 10.4. The van der Waals surface area contributed by atoms with E-state index in [0.29, 0.717) is 19.5 Å². The van der Waals surface area contributed by atoms with Crippen molar-refractivity contribution < 1.29 is 22.7 Å². The molecule has 1 atom stereocenters. The van der Waals surface area contributed by atoms with Crippen LogP contribution in [0.5, 0.6) is 0 Å². The monoisotopic (exact) mass is 408 g/mol. The third-order valence-corrected chi connectivity index (χ3v) is 6.77. The number of esters is 1.